The molecule has 1 aromatic carbocycles. The van der Waals surface area contributed by atoms with Crippen molar-refractivity contribution in [3.63, 3.8) is 0 Å². The third-order valence-corrected chi connectivity index (χ3v) is 2.55. The minimum atomic E-state index is -0.397. The molecule has 1 aliphatic rings. The predicted molar refractivity (Wildman–Crippen MR) is 63.0 cm³/mol. The van der Waals surface area contributed by atoms with Crippen LogP contribution in [0.4, 0.5) is 0 Å². The van der Waals surface area contributed by atoms with E-state index in [9.17, 15) is 4.79 Å². The normalized spacial score (nSPS) is 13.3. The second-order valence-electron chi connectivity index (χ2n) is 3.62. The van der Waals surface area contributed by atoms with Crippen LogP contribution in [-0.2, 0) is 4.74 Å². The number of hydrogen-bond donors (Lipinski definition) is 0. The molecule has 0 saturated carbocycles. The molecule has 17 heavy (non-hydrogen) atoms. The molecule has 0 bridgehead atoms. The molecule has 4 nitrogen and oxygen atoms in total. The number of carbonyl (C=O) groups excluding carboxylic acids is 1. The number of halogens is 1. The average molecular weight is 257 g/mol. The monoisotopic (exact) mass is 256 g/mol. The molecule has 1 aliphatic heterocycles. The summed E-state index contributed by atoms with van der Waals surface area (Å²) in [6, 6.07) is 3.13. The molecule has 0 spiro atoms. The third kappa shape index (κ3) is 2.64. The quantitative estimate of drug-likeness (QED) is 0.780. The van der Waals surface area contributed by atoms with Gasteiger partial charge < -0.3 is 14.2 Å². The van der Waals surface area contributed by atoms with Gasteiger partial charge in [-0.15, -0.1) is 0 Å². The van der Waals surface area contributed by atoms with Gasteiger partial charge in [-0.05, 0) is 18.6 Å². The molecular formula is C12H13ClO4. The second kappa shape index (κ2) is 5.27. The molecule has 0 unspecified atom stereocenters. The van der Waals surface area contributed by atoms with E-state index in [4.69, 9.17) is 25.8 Å². The number of carbonyl (C=O) groups is 1. The van der Waals surface area contributed by atoms with Gasteiger partial charge in [-0.2, -0.15) is 0 Å². The van der Waals surface area contributed by atoms with E-state index in [1.54, 1.807) is 6.07 Å². The van der Waals surface area contributed by atoms with E-state index >= 15 is 0 Å². The summed E-state index contributed by atoms with van der Waals surface area (Å²) < 4.78 is 15.8. The Kier molecular flexibility index (Phi) is 3.74. The molecule has 0 aromatic heterocycles. The molecule has 0 N–H and O–H groups in total. The average Bonchev–Trinajstić information content (AvgIpc) is 2.36. The van der Waals surface area contributed by atoms with E-state index in [0.717, 1.165) is 6.42 Å². The Morgan fingerprint density at radius 3 is 2.94 bits per heavy atom. The van der Waals surface area contributed by atoms with Gasteiger partial charge in [0.2, 0.25) is 0 Å². The highest BCUT2D eigenvalue weighted by Gasteiger charge is 2.19. The fraction of sp³-hybridized carbons (Fsp3) is 0.417. The topological polar surface area (TPSA) is 44.8 Å². The van der Waals surface area contributed by atoms with Crippen molar-refractivity contribution < 1.29 is 19.0 Å². The molecular weight excluding hydrogens is 244 g/mol. The summed E-state index contributed by atoms with van der Waals surface area (Å²) in [6.45, 7) is 3.25. The van der Waals surface area contributed by atoms with E-state index in [0.29, 0.717) is 41.9 Å². The van der Waals surface area contributed by atoms with Gasteiger partial charge in [-0.1, -0.05) is 18.5 Å². The van der Waals surface area contributed by atoms with Gasteiger partial charge in [0.05, 0.1) is 17.2 Å². The molecule has 1 aromatic rings. The summed E-state index contributed by atoms with van der Waals surface area (Å²) in [4.78, 5) is 11.7. The number of rotatable bonds is 3. The maximum Gasteiger partial charge on any atom is 0.338 e. The van der Waals surface area contributed by atoms with Crippen LogP contribution in [0.5, 0.6) is 11.5 Å². The van der Waals surface area contributed by atoms with Crippen LogP contribution in [0.3, 0.4) is 0 Å². The van der Waals surface area contributed by atoms with Crippen molar-refractivity contribution in [1.29, 1.82) is 0 Å². The van der Waals surface area contributed by atoms with Gasteiger partial charge in [-0.3, -0.25) is 0 Å². The maximum atomic E-state index is 11.7. The SMILES string of the molecule is CCCOC(=O)c1cc(Cl)c2c(c1)OCCO2. The van der Waals surface area contributed by atoms with Gasteiger partial charge in [0.25, 0.3) is 0 Å². The van der Waals surface area contributed by atoms with Crippen LogP contribution in [0, 0.1) is 0 Å². The lowest BCUT2D eigenvalue weighted by molar-refractivity contribution is 0.0504. The lowest BCUT2D eigenvalue weighted by Gasteiger charge is -2.19. The van der Waals surface area contributed by atoms with E-state index in [1.807, 2.05) is 6.92 Å². The van der Waals surface area contributed by atoms with Gasteiger partial charge in [-0.25, -0.2) is 4.79 Å². The lowest BCUT2D eigenvalue weighted by Crippen LogP contribution is -2.16. The van der Waals surface area contributed by atoms with E-state index in [-0.39, 0.29) is 0 Å². The standard InChI is InChI=1S/C12H13ClO4/c1-2-3-17-12(14)8-6-9(13)11-10(7-8)15-4-5-16-11/h6-7H,2-5H2,1H3. The highest BCUT2D eigenvalue weighted by molar-refractivity contribution is 6.32. The molecule has 0 saturated heterocycles. The molecule has 0 radical (unpaired) electrons. The van der Waals surface area contributed by atoms with E-state index in [1.165, 1.54) is 6.07 Å². The van der Waals surface area contributed by atoms with Crippen LogP contribution in [0.15, 0.2) is 12.1 Å². The van der Waals surface area contributed by atoms with E-state index < -0.39 is 5.97 Å². The van der Waals surface area contributed by atoms with Crippen LogP contribution in [0.25, 0.3) is 0 Å². The highest BCUT2D eigenvalue weighted by atomic mass is 35.5. The second-order valence-corrected chi connectivity index (χ2v) is 4.03. The molecule has 0 aliphatic carbocycles. The molecule has 2 rings (SSSR count). The molecule has 0 amide bonds. The number of ether oxygens (including phenoxy) is 3. The summed E-state index contributed by atoms with van der Waals surface area (Å²) in [5.74, 6) is 0.586. The largest absolute Gasteiger partial charge is 0.486 e. The Bertz CT molecular complexity index is 431. The van der Waals surface area contributed by atoms with Crippen LogP contribution >= 0.6 is 11.6 Å². The number of fused-ring (bicyclic) bond motifs is 1. The number of hydrogen-bond acceptors (Lipinski definition) is 4. The molecule has 1 heterocycles. The Hall–Kier alpha value is -1.42. The summed E-state index contributed by atoms with van der Waals surface area (Å²) >= 11 is 6.01. The van der Waals surface area contributed by atoms with Crippen molar-refractivity contribution in [2.24, 2.45) is 0 Å². The fourth-order valence-corrected chi connectivity index (χ4v) is 1.77. The molecule has 5 heteroatoms. The summed E-state index contributed by atoms with van der Waals surface area (Å²) in [5.41, 5.74) is 0.382. The third-order valence-electron chi connectivity index (χ3n) is 2.27. The van der Waals surface area contributed by atoms with Crippen molar-refractivity contribution in [3.8, 4) is 11.5 Å². The van der Waals surface area contributed by atoms with Crippen LogP contribution in [-0.4, -0.2) is 25.8 Å². The minimum absolute atomic E-state index is 0.366. The van der Waals surface area contributed by atoms with Crippen molar-refractivity contribution in [1.82, 2.24) is 0 Å². The number of benzene rings is 1. The lowest BCUT2D eigenvalue weighted by atomic mass is 10.2. The van der Waals surface area contributed by atoms with Crippen molar-refractivity contribution in [2.75, 3.05) is 19.8 Å². The van der Waals surface area contributed by atoms with Crippen molar-refractivity contribution in [3.05, 3.63) is 22.7 Å². The zero-order valence-corrected chi connectivity index (χ0v) is 10.3. The Morgan fingerprint density at radius 1 is 1.41 bits per heavy atom. The predicted octanol–water partition coefficient (Wildman–Crippen LogP) is 2.68. The molecule has 0 fully saturated rings. The zero-order chi connectivity index (χ0) is 12.3. The summed E-state index contributed by atoms with van der Waals surface area (Å²) in [7, 11) is 0. The maximum absolute atomic E-state index is 11.7. The molecule has 92 valence electrons. The van der Waals surface area contributed by atoms with Crippen LogP contribution < -0.4 is 9.47 Å². The Labute approximate surface area is 104 Å². The summed E-state index contributed by atoms with van der Waals surface area (Å²) in [6.07, 6.45) is 0.782. The van der Waals surface area contributed by atoms with Crippen molar-refractivity contribution >= 4 is 17.6 Å². The highest BCUT2D eigenvalue weighted by Crippen LogP contribution is 2.38. The zero-order valence-electron chi connectivity index (χ0n) is 9.49. The first-order valence-corrected chi connectivity index (χ1v) is 5.86. The fourth-order valence-electron chi connectivity index (χ4n) is 1.51. The van der Waals surface area contributed by atoms with Crippen molar-refractivity contribution in [2.45, 2.75) is 13.3 Å². The van der Waals surface area contributed by atoms with Crippen LogP contribution in [0.2, 0.25) is 5.02 Å². The molecule has 0 atom stereocenters. The Morgan fingerprint density at radius 2 is 2.18 bits per heavy atom. The van der Waals surface area contributed by atoms with Gasteiger partial charge in [0, 0.05) is 0 Å². The van der Waals surface area contributed by atoms with Gasteiger partial charge >= 0.3 is 5.97 Å². The number of esters is 1. The first kappa shape index (κ1) is 12.0. The first-order valence-electron chi connectivity index (χ1n) is 5.48. The Balaban J connectivity index is 2.24. The van der Waals surface area contributed by atoms with Crippen LogP contribution in [0.1, 0.15) is 23.7 Å². The summed E-state index contributed by atoms with van der Waals surface area (Å²) in [5, 5.41) is 0.366. The minimum Gasteiger partial charge on any atom is -0.486 e. The smallest absolute Gasteiger partial charge is 0.338 e. The van der Waals surface area contributed by atoms with E-state index in [2.05, 4.69) is 0 Å². The first-order chi connectivity index (χ1) is 8.22. The van der Waals surface area contributed by atoms with Gasteiger partial charge in [0.1, 0.15) is 13.2 Å². The van der Waals surface area contributed by atoms with Gasteiger partial charge in [0.15, 0.2) is 11.5 Å².